The zero-order valence-electron chi connectivity index (χ0n) is 12.5. The van der Waals surface area contributed by atoms with Crippen LogP contribution in [-0.2, 0) is 6.42 Å². The van der Waals surface area contributed by atoms with Crippen LogP contribution in [-0.4, -0.2) is 24.6 Å². The third-order valence-electron chi connectivity index (χ3n) is 3.24. The van der Waals surface area contributed by atoms with E-state index in [2.05, 4.69) is 19.2 Å². The molecule has 5 nitrogen and oxygen atoms in total. The highest BCUT2D eigenvalue weighted by atomic mass is 16.6. The Labute approximate surface area is 120 Å². The molecule has 0 aromatic heterocycles. The molecule has 0 spiro atoms. The molecular weight excluding hydrogens is 256 g/mol. The predicted octanol–water partition coefficient (Wildman–Crippen LogP) is 3.31. The minimum Gasteiger partial charge on any atom is -0.490 e. The van der Waals surface area contributed by atoms with Crippen LogP contribution < -0.4 is 10.1 Å². The minimum absolute atomic E-state index is 0.0183. The van der Waals surface area contributed by atoms with Crippen molar-refractivity contribution in [3.05, 3.63) is 33.9 Å². The lowest BCUT2D eigenvalue weighted by Crippen LogP contribution is -2.31. The summed E-state index contributed by atoms with van der Waals surface area (Å²) in [6.45, 7) is 5.30. The molecule has 0 radical (unpaired) electrons. The largest absolute Gasteiger partial charge is 0.490 e. The van der Waals surface area contributed by atoms with Crippen molar-refractivity contribution in [3.63, 3.8) is 0 Å². The third-order valence-corrected chi connectivity index (χ3v) is 3.24. The van der Waals surface area contributed by atoms with E-state index in [-0.39, 0.29) is 5.69 Å². The molecule has 1 N–H and O–H groups in total. The van der Waals surface area contributed by atoms with E-state index >= 15 is 0 Å². The van der Waals surface area contributed by atoms with Gasteiger partial charge in [0.1, 0.15) is 0 Å². The summed E-state index contributed by atoms with van der Waals surface area (Å²) in [5, 5.41) is 14.4. The molecule has 0 saturated heterocycles. The summed E-state index contributed by atoms with van der Waals surface area (Å²) in [6, 6.07) is 5.52. The van der Waals surface area contributed by atoms with Gasteiger partial charge < -0.3 is 10.1 Å². The SMILES string of the molecule is CCCNC(CCC)Cc1ccc([N+](=O)[O-])c(OC)c1. The van der Waals surface area contributed by atoms with Crippen LogP contribution in [0.25, 0.3) is 0 Å². The Balaban J connectivity index is 2.81. The Morgan fingerprint density at radius 3 is 2.65 bits per heavy atom. The highest BCUT2D eigenvalue weighted by Gasteiger charge is 2.16. The van der Waals surface area contributed by atoms with E-state index in [1.54, 1.807) is 6.07 Å². The highest BCUT2D eigenvalue weighted by Crippen LogP contribution is 2.28. The molecule has 1 atom stereocenters. The Kier molecular flexibility index (Phi) is 7.01. The zero-order chi connectivity index (χ0) is 15.0. The van der Waals surface area contributed by atoms with Crippen molar-refractivity contribution in [1.82, 2.24) is 5.32 Å². The van der Waals surface area contributed by atoms with E-state index in [9.17, 15) is 10.1 Å². The van der Waals surface area contributed by atoms with Gasteiger partial charge in [0, 0.05) is 12.1 Å². The van der Waals surface area contributed by atoms with Crippen molar-refractivity contribution in [1.29, 1.82) is 0 Å². The second-order valence-corrected chi connectivity index (χ2v) is 4.91. The molecule has 0 fully saturated rings. The fourth-order valence-corrected chi connectivity index (χ4v) is 2.26. The number of hydrogen-bond donors (Lipinski definition) is 1. The molecule has 1 aromatic rings. The Hall–Kier alpha value is -1.62. The van der Waals surface area contributed by atoms with Crippen LogP contribution in [0, 0.1) is 10.1 Å². The number of ether oxygens (including phenoxy) is 1. The molecule has 0 amide bonds. The molecule has 0 heterocycles. The molecule has 112 valence electrons. The quantitative estimate of drug-likeness (QED) is 0.556. The van der Waals surface area contributed by atoms with Crippen LogP contribution in [0.2, 0.25) is 0 Å². The molecule has 1 rings (SSSR count). The number of methoxy groups -OCH3 is 1. The second kappa shape index (κ2) is 8.53. The lowest BCUT2D eigenvalue weighted by Gasteiger charge is -2.18. The molecule has 5 heteroatoms. The number of nitrogens with one attached hydrogen (secondary N) is 1. The van der Waals surface area contributed by atoms with Gasteiger partial charge in [-0.3, -0.25) is 10.1 Å². The summed E-state index contributed by atoms with van der Waals surface area (Å²) in [6.07, 6.45) is 4.18. The Morgan fingerprint density at radius 2 is 2.10 bits per heavy atom. The van der Waals surface area contributed by atoms with Gasteiger partial charge in [0.2, 0.25) is 0 Å². The molecule has 0 aliphatic carbocycles. The lowest BCUT2D eigenvalue weighted by molar-refractivity contribution is -0.385. The van der Waals surface area contributed by atoms with Gasteiger partial charge in [-0.25, -0.2) is 0 Å². The molecule has 0 bridgehead atoms. The number of hydrogen-bond acceptors (Lipinski definition) is 4. The fraction of sp³-hybridized carbons (Fsp3) is 0.600. The second-order valence-electron chi connectivity index (χ2n) is 4.91. The van der Waals surface area contributed by atoms with Gasteiger partial charge in [-0.05, 0) is 37.4 Å². The summed E-state index contributed by atoms with van der Waals surface area (Å²) in [5.41, 5.74) is 1.08. The van der Waals surface area contributed by atoms with Crippen LogP contribution in [0.3, 0.4) is 0 Å². The van der Waals surface area contributed by atoms with Crippen molar-refractivity contribution in [2.24, 2.45) is 0 Å². The normalized spacial score (nSPS) is 12.2. The van der Waals surface area contributed by atoms with Crippen molar-refractivity contribution in [2.45, 2.75) is 45.6 Å². The first kappa shape index (κ1) is 16.4. The molecule has 0 saturated carbocycles. The number of nitro groups is 1. The van der Waals surface area contributed by atoms with Gasteiger partial charge in [-0.2, -0.15) is 0 Å². The highest BCUT2D eigenvalue weighted by molar-refractivity contribution is 5.48. The summed E-state index contributed by atoms with van der Waals surface area (Å²) in [5.74, 6) is 0.332. The number of nitro benzene ring substituents is 1. The van der Waals surface area contributed by atoms with Crippen LogP contribution in [0.4, 0.5) is 5.69 Å². The smallest absolute Gasteiger partial charge is 0.310 e. The maximum Gasteiger partial charge on any atom is 0.310 e. The van der Waals surface area contributed by atoms with Gasteiger partial charge >= 0.3 is 5.69 Å². The number of rotatable bonds is 9. The van der Waals surface area contributed by atoms with Crippen molar-refractivity contribution in [2.75, 3.05) is 13.7 Å². The van der Waals surface area contributed by atoms with Crippen molar-refractivity contribution in [3.8, 4) is 5.75 Å². The summed E-state index contributed by atoms with van der Waals surface area (Å²) < 4.78 is 5.11. The van der Waals surface area contributed by atoms with Crippen molar-refractivity contribution >= 4 is 5.69 Å². The van der Waals surface area contributed by atoms with E-state index in [1.165, 1.54) is 13.2 Å². The fourth-order valence-electron chi connectivity index (χ4n) is 2.26. The molecule has 1 aromatic carbocycles. The average molecular weight is 280 g/mol. The topological polar surface area (TPSA) is 64.4 Å². The predicted molar refractivity (Wildman–Crippen MR) is 80.3 cm³/mol. The third kappa shape index (κ3) is 4.81. The van der Waals surface area contributed by atoms with Crippen LogP contribution >= 0.6 is 0 Å². The standard InChI is InChI=1S/C15H24N2O3/c1-4-6-13(16-9-5-2)10-12-7-8-14(17(18)19)15(11-12)20-3/h7-8,11,13,16H,4-6,9-10H2,1-3H3. The lowest BCUT2D eigenvalue weighted by atomic mass is 10.0. The van der Waals surface area contributed by atoms with E-state index in [1.807, 2.05) is 6.07 Å². The van der Waals surface area contributed by atoms with Gasteiger partial charge in [0.05, 0.1) is 12.0 Å². The maximum absolute atomic E-state index is 10.9. The first-order valence-electron chi connectivity index (χ1n) is 7.17. The summed E-state index contributed by atoms with van der Waals surface area (Å²) >= 11 is 0. The molecule has 20 heavy (non-hydrogen) atoms. The molecular formula is C15H24N2O3. The Bertz CT molecular complexity index is 435. The molecule has 0 aliphatic heterocycles. The minimum atomic E-state index is -0.415. The Morgan fingerprint density at radius 1 is 1.35 bits per heavy atom. The molecule has 1 unspecified atom stereocenters. The van der Waals surface area contributed by atoms with Gasteiger partial charge in [0.25, 0.3) is 0 Å². The first-order chi connectivity index (χ1) is 9.62. The van der Waals surface area contributed by atoms with Gasteiger partial charge in [-0.1, -0.05) is 26.3 Å². The van der Waals surface area contributed by atoms with Crippen LogP contribution in [0.5, 0.6) is 5.75 Å². The van der Waals surface area contributed by atoms with Crippen LogP contribution in [0.15, 0.2) is 18.2 Å². The van der Waals surface area contributed by atoms with Crippen molar-refractivity contribution < 1.29 is 9.66 Å². The van der Waals surface area contributed by atoms with Gasteiger partial charge in [0.15, 0.2) is 5.75 Å². The van der Waals surface area contributed by atoms with E-state index in [0.717, 1.165) is 37.8 Å². The first-order valence-corrected chi connectivity index (χ1v) is 7.17. The van der Waals surface area contributed by atoms with Gasteiger partial charge in [-0.15, -0.1) is 0 Å². The molecule has 0 aliphatic rings. The number of benzene rings is 1. The van der Waals surface area contributed by atoms with E-state index < -0.39 is 4.92 Å². The zero-order valence-corrected chi connectivity index (χ0v) is 12.5. The van der Waals surface area contributed by atoms with Crippen LogP contribution in [0.1, 0.15) is 38.7 Å². The number of nitrogens with zero attached hydrogens (tertiary/aromatic N) is 1. The average Bonchev–Trinajstić information content (AvgIpc) is 2.44. The monoisotopic (exact) mass is 280 g/mol. The summed E-state index contributed by atoms with van der Waals surface area (Å²) in [4.78, 5) is 10.5. The maximum atomic E-state index is 10.9. The summed E-state index contributed by atoms with van der Waals surface area (Å²) in [7, 11) is 1.46. The van der Waals surface area contributed by atoms with E-state index in [4.69, 9.17) is 4.74 Å². The van der Waals surface area contributed by atoms with E-state index in [0.29, 0.717) is 11.8 Å².